The second-order valence-electron chi connectivity index (χ2n) is 3.30. The predicted octanol–water partition coefficient (Wildman–Crippen LogP) is 0.784. The number of carboxylic acid groups (broad SMARTS) is 1. The van der Waals surface area contributed by atoms with Gasteiger partial charge in [0.05, 0.1) is 0 Å². The third-order valence-electron chi connectivity index (χ3n) is 1.89. The number of aliphatic carboxylic acids is 1. The van der Waals surface area contributed by atoms with Gasteiger partial charge >= 0.3 is 5.97 Å². The van der Waals surface area contributed by atoms with Crippen LogP contribution >= 0.6 is 0 Å². The molecule has 0 atom stereocenters. The largest absolute Gasteiger partial charge is 0.481 e. The molecule has 5 heteroatoms. The van der Waals surface area contributed by atoms with Gasteiger partial charge in [0.25, 0.3) is 0 Å². The van der Waals surface area contributed by atoms with Crippen molar-refractivity contribution in [3.05, 3.63) is 0 Å². The summed E-state index contributed by atoms with van der Waals surface area (Å²) in [6, 6.07) is 0. The molecule has 0 unspecified atom stereocenters. The van der Waals surface area contributed by atoms with Crippen LogP contribution in [0.15, 0.2) is 0 Å². The number of amides is 1. The number of rotatable bonds is 9. The van der Waals surface area contributed by atoms with Gasteiger partial charge in [-0.05, 0) is 19.3 Å². The fraction of sp³-hybridized carbons (Fsp3) is 0.800. The summed E-state index contributed by atoms with van der Waals surface area (Å²) in [6.07, 6.45) is 2.55. The van der Waals surface area contributed by atoms with Gasteiger partial charge in [0.2, 0.25) is 5.91 Å². The Morgan fingerprint density at radius 1 is 1.20 bits per heavy atom. The van der Waals surface area contributed by atoms with Crippen LogP contribution in [0.5, 0.6) is 0 Å². The van der Waals surface area contributed by atoms with Crippen molar-refractivity contribution in [3.8, 4) is 0 Å². The van der Waals surface area contributed by atoms with Crippen molar-refractivity contribution >= 4 is 11.9 Å². The van der Waals surface area contributed by atoms with Gasteiger partial charge in [-0.1, -0.05) is 0 Å². The van der Waals surface area contributed by atoms with E-state index in [-0.39, 0.29) is 18.7 Å². The number of unbranched alkanes of at least 4 members (excludes halogenated alkanes) is 1. The van der Waals surface area contributed by atoms with Crippen molar-refractivity contribution in [2.24, 2.45) is 0 Å². The Hall–Kier alpha value is -1.10. The first-order chi connectivity index (χ1) is 7.16. The number of methoxy groups -OCH3 is 1. The molecule has 0 aromatic heterocycles. The monoisotopic (exact) mass is 217 g/mol. The van der Waals surface area contributed by atoms with Crippen molar-refractivity contribution in [2.45, 2.75) is 32.1 Å². The number of carboxylic acids is 1. The first kappa shape index (κ1) is 13.9. The van der Waals surface area contributed by atoms with E-state index in [4.69, 9.17) is 9.84 Å². The van der Waals surface area contributed by atoms with Crippen LogP contribution in [0.1, 0.15) is 32.1 Å². The van der Waals surface area contributed by atoms with Crippen LogP contribution in [0, 0.1) is 0 Å². The average Bonchev–Trinajstić information content (AvgIpc) is 2.17. The Labute approximate surface area is 89.8 Å². The van der Waals surface area contributed by atoms with E-state index >= 15 is 0 Å². The quantitative estimate of drug-likeness (QED) is 0.560. The third kappa shape index (κ3) is 10.8. The van der Waals surface area contributed by atoms with E-state index in [9.17, 15) is 9.59 Å². The van der Waals surface area contributed by atoms with Gasteiger partial charge in [0.1, 0.15) is 0 Å². The fourth-order valence-electron chi connectivity index (χ4n) is 1.09. The number of hydrogen-bond donors (Lipinski definition) is 2. The summed E-state index contributed by atoms with van der Waals surface area (Å²) in [5, 5.41) is 11.1. The smallest absolute Gasteiger partial charge is 0.303 e. The van der Waals surface area contributed by atoms with E-state index in [0.29, 0.717) is 19.6 Å². The maximum Gasteiger partial charge on any atom is 0.303 e. The van der Waals surface area contributed by atoms with E-state index < -0.39 is 5.97 Å². The minimum Gasteiger partial charge on any atom is -0.481 e. The van der Waals surface area contributed by atoms with Crippen molar-refractivity contribution in [3.63, 3.8) is 0 Å². The normalized spacial score (nSPS) is 9.93. The number of ether oxygens (including phenoxy) is 1. The average molecular weight is 217 g/mol. The zero-order chi connectivity index (χ0) is 11.5. The molecule has 1 amide bonds. The van der Waals surface area contributed by atoms with Crippen LogP contribution < -0.4 is 5.32 Å². The summed E-state index contributed by atoms with van der Waals surface area (Å²) >= 11 is 0. The molecule has 0 aliphatic carbocycles. The lowest BCUT2D eigenvalue weighted by Crippen LogP contribution is -2.24. The molecular weight excluding hydrogens is 198 g/mol. The zero-order valence-corrected chi connectivity index (χ0v) is 9.12. The van der Waals surface area contributed by atoms with Crippen LogP contribution in [0.4, 0.5) is 0 Å². The summed E-state index contributed by atoms with van der Waals surface area (Å²) < 4.78 is 4.86. The number of carbonyl (C=O) groups excluding carboxylic acids is 1. The van der Waals surface area contributed by atoms with E-state index in [1.807, 2.05) is 0 Å². The molecule has 0 aliphatic rings. The highest BCUT2D eigenvalue weighted by Gasteiger charge is 2.02. The summed E-state index contributed by atoms with van der Waals surface area (Å²) in [4.78, 5) is 21.3. The van der Waals surface area contributed by atoms with Crippen LogP contribution in [-0.2, 0) is 14.3 Å². The molecule has 15 heavy (non-hydrogen) atoms. The first-order valence-corrected chi connectivity index (χ1v) is 5.14. The van der Waals surface area contributed by atoms with Crippen LogP contribution in [-0.4, -0.2) is 37.2 Å². The topological polar surface area (TPSA) is 75.6 Å². The van der Waals surface area contributed by atoms with Crippen molar-refractivity contribution in [1.82, 2.24) is 5.32 Å². The second kappa shape index (κ2) is 9.45. The molecular formula is C10H19NO4. The zero-order valence-electron chi connectivity index (χ0n) is 9.12. The van der Waals surface area contributed by atoms with Gasteiger partial charge in [-0.15, -0.1) is 0 Å². The Balaban J connectivity index is 3.22. The maximum absolute atomic E-state index is 11.1. The van der Waals surface area contributed by atoms with E-state index in [1.54, 1.807) is 7.11 Å². The molecule has 0 radical (unpaired) electrons. The standard InChI is InChI=1S/C10H19NO4/c1-15-8-3-2-7-11-9(12)5-4-6-10(13)14/h2-8H2,1H3,(H,11,12)(H,13,14). The lowest BCUT2D eigenvalue weighted by molar-refractivity contribution is -0.137. The Kier molecular flexibility index (Phi) is 8.76. The lowest BCUT2D eigenvalue weighted by atomic mass is 10.2. The molecule has 0 saturated carbocycles. The second-order valence-corrected chi connectivity index (χ2v) is 3.30. The van der Waals surface area contributed by atoms with Gasteiger partial charge in [-0.3, -0.25) is 9.59 Å². The molecule has 0 spiro atoms. The molecule has 0 rings (SSSR count). The summed E-state index contributed by atoms with van der Waals surface area (Å²) in [5.74, 6) is -0.934. The summed E-state index contributed by atoms with van der Waals surface area (Å²) in [6.45, 7) is 1.34. The predicted molar refractivity (Wildman–Crippen MR) is 55.6 cm³/mol. The minimum absolute atomic E-state index is 0.0527. The Morgan fingerprint density at radius 3 is 2.53 bits per heavy atom. The number of hydrogen-bond acceptors (Lipinski definition) is 3. The first-order valence-electron chi connectivity index (χ1n) is 5.14. The van der Waals surface area contributed by atoms with Gasteiger partial charge in [-0.2, -0.15) is 0 Å². The number of nitrogens with one attached hydrogen (secondary N) is 1. The molecule has 0 saturated heterocycles. The van der Waals surface area contributed by atoms with Crippen LogP contribution in [0.3, 0.4) is 0 Å². The van der Waals surface area contributed by atoms with Crippen LogP contribution in [0.25, 0.3) is 0 Å². The SMILES string of the molecule is COCCCCNC(=O)CCCC(=O)O. The van der Waals surface area contributed by atoms with Crippen molar-refractivity contribution < 1.29 is 19.4 Å². The molecule has 0 aromatic rings. The summed E-state index contributed by atoms with van der Waals surface area (Å²) in [5.41, 5.74) is 0. The van der Waals surface area contributed by atoms with Crippen molar-refractivity contribution in [2.75, 3.05) is 20.3 Å². The highest BCUT2D eigenvalue weighted by Crippen LogP contribution is 1.95. The highest BCUT2D eigenvalue weighted by molar-refractivity contribution is 5.76. The molecule has 0 aliphatic heterocycles. The van der Waals surface area contributed by atoms with E-state index in [0.717, 1.165) is 12.8 Å². The maximum atomic E-state index is 11.1. The Morgan fingerprint density at radius 2 is 1.93 bits per heavy atom. The minimum atomic E-state index is -0.858. The molecule has 0 aromatic carbocycles. The van der Waals surface area contributed by atoms with E-state index in [1.165, 1.54) is 0 Å². The van der Waals surface area contributed by atoms with Crippen molar-refractivity contribution in [1.29, 1.82) is 0 Å². The Bertz CT molecular complexity index is 194. The van der Waals surface area contributed by atoms with Gasteiger partial charge in [0, 0.05) is 33.1 Å². The molecule has 0 heterocycles. The van der Waals surface area contributed by atoms with Gasteiger partial charge < -0.3 is 15.2 Å². The molecule has 5 nitrogen and oxygen atoms in total. The highest BCUT2D eigenvalue weighted by atomic mass is 16.5. The van der Waals surface area contributed by atoms with Crippen LogP contribution in [0.2, 0.25) is 0 Å². The number of carbonyl (C=O) groups is 2. The van der Waals surface area contributed by atoms with E-state index in [2.05, 4.69) is 5.32 Å². The molecule has 88 valence electrons. The fourth-order valence-corrected chi connectivity index (χ4v) is 1.09. The summed E-state index contributed by atoms with van der Waals surface area (Å²) in [7, 11) is 1.64. The molecule has 0 bridgehead atoms. The van der Waals surface area contributed by atoms with Gasteiger partial charge in [0.15, 0.2) is 0 Å². The molecule has 0 fully saturated rings. The molecule has 2 N–H and O–H groups in total. The lowest BCUT2D eigenvalue weighted by Gasteiger charge is -2.03. The van der Waals surface area contributed by atoms with Gasteiger partial charge in [-0.25, -0.2) is 0 Å². The third-order valence-corrected chi connectivity index (χ3v) is 1.89.